The minimum Gasteiger partial charge on any atom is -0.307 e. The summed E-state index contributed by atoms with van der Waals surface area (Å²) < 4.78 is 0. The van der Waals surface area contributed by atoms with Crippen LogP contribution in [0, 0.1) is 6.92 Å². The minimum atomic E-state index is -0.412. The van der Waals surface area contributed by atoms with E-state index in [9.17, 15) is 4.79 Å². The fourth-order valence-electron chi connectivity index (χ4n) is 1.40. The fourth-order valence-corrected chi connectivity index (χ4v) is 1.40. The van der Waals surface area contributed by atoms with Gasteiger partial charge in [0.25, 0.3) is 0 Å². The van der Waals surface area contributed by atoms with Crippen LogP contribution >= 0.6 is 0 Å². The Kier molecular flexibility index (Phi) is 4.95. The van der Waals surface area contributed by atoms with E-state index in [4.69, 9.17) is 0 Å². The quantitative estimate of drug-likeness (QED) is 0.602. The average molecular weight is 223 g/mol. The zero-order valence-electron chi connectivity index (χ0n) is 9.82. The van der Waals surface area contributed by atoms with Gasteiger partial charge in [-0.05, 0) is 26.0 Å². The molecule has 0 spiro atoms. The first kappa shape index (κ1) is 12.7. The van der Waals surface area contributed by atoms with Gasteiger partial charge in [0.2, 0.25) is 0 Å². The summed E-state index contributed by atoms with van der Waals surface area (Å²) in [4.78, 5) is 20.3. The maximum Gasteiger partial charge on any atom is 0.359 e. The largest absolute Gasteiger partial charge is 0.359 e. The van der Waals surface area contributed by atoms with Crippen molar-refractivity contribution in [2.45, 2.75) is 19.4 Å². The van der Waals surface area contributed by atoms with Crippen LogP contribution in [0.5, 0.6) is 0 Å². The van der Waals surface area contributed by atoms with Crippen molar-refractivity contribution in [3.05, 3.63) is 35.4 Å². The molecule has 0 unspecified atom stereocenters. The predicted octanol–water partition coefficient (Wildman–Crippen LogP) is 1.23. The summed E-state index contributed by atoms with van der Waals surface area (Å²) in [5.41, 5.74) is 2.28. The van der Waals surface area contributed by atoms with Crippen molar-refractivity contribution >= 4 is 5.97 Å². The van der Waals surface area contributed by atoms with Crippen molar-refractivity contribution in [2.24, 2.45) is 0 Å². The third-order valence-electron chi connectivity index (χ3n) is 2.36. The third kappa shape index (κ3) is 3.64. The molecule has 1 rings (SSSR count). The van der Waals surface area contributed by atoms with E-state index in [1.165, 1.54) is 12.7 Å². The molecule has 1 aromatic carbocycles. The van der Waals surface area contributed by atoms with E-state index in [1.54, 1.807) is 7.05 Å². The van der Waals surface area contributed by atoms with Crippen LogP contribution < -0.4 is 5.32 Å². The van der Waals surface area contributed by atoms with E-state index in [1.807, 2.05) is 31.2 Å². The van der Waals surface area contributed by atoms with Gasteiger partial charge in [-0.2, -0.15) is 4.89 Å². The Bertz CT molecular complexity index is 335. The first-order valence-corrected chi connectivity index (χ1v) is 5.14. The molecule has 0 bridgehead atoms. The Labute approximate surface area is 95.5 Å². The Balaban J connectivity index is 2.62. The molecule has 0 amide bonds. The molecule has 1 aromatic rings. The van der Waals surface area contributed by atoms with Crippen molar-refractivity contribution in [1.29, 1.82) is 0 Å². The van der Waals surface area contributed by atoms with Crippen LogP contribution in [0.15, 0.2) is 24.3 Å². The molecule has 0 aliphatic heterocycles. The minimum absolute atomic E-state index is 0.386. The Morgan fingerprint density at radius 2 is 2.00 bits per heavy atom. The first-order valence-electron chi connectivity index (χ1n) is 5.14. The molecule has 0 radical (unpaired) electrons. The van der Waals surface area contributed by atoms with E-state index in [2.05, 4.69) is 15.1 Å². The number of aryl methyl sites for hydroxylation is 1. The Morgan fingerprint density at radius 3 is 2.50 bits per heavy atom. The summed E-state index contributed by atoms with van der Waals surface area (Å²) in [5.74, 6) is -0.412. The van der Waals surface area contributed by atoms with Gasteiger partial charge in [0, 0.05) is 0 Å². The number of nitrogens with one attached hydrogen (secondary N) is 1. The van der Waals surface area contributed by atoms with E-state index < -0.39 is 5.97 Å². The van der Waals surface area contributed by atoms with E-state index in [0.29, 0.717) is 6.42 Å². The van der Waals surface area contributed by atoms with Crippen LogP contribution in [0.4, 0.5) is 0 Å². The maximum atomic E-state index is 11.4. The predicted molar refractivity (Wildman–Crippen MR) is 60.8 cm³/mol. The van der Waals surface area contributed by atoms with Crippen LogP contribution in [0.1, 0.15) is 11.1 Å². The molecule has 4 heteroatoms. The lowest BCUT2D eigenvalue weighted by molar-refractivity contribution is -0.256. The first-order chi connectivity index (χ1) is 7.67. The molecule has 1 N–H and O–H groups in total. The van der Waals surface area contributed by atoms with E-state index in [-0.39, 0.29) is 6.04 Å². The highest BCUT2D eigenvalue weighted by molar-refractivity contribution is 5.75. The lowest BCUT2D eigenvalue weighted by atomic mass is 10.0. The standard InChI is InChI=1S/C12H17NO3/c1-9-4-6-10(7-5-9)8-11(13-2)12(14)16-15-3/h4-7,11,13H,8H2,1-3H3/t11-/m0/s1. The second kappa shape index (κ2) is 6.25. The monoisotopic (exact) mass is 223 g/mol. The molecule has 0 saturated heterocycles. The van der Waals surface area contributed by atoms with E-state index in [0.717, 1.165) is 5.56 Å². The molecule has 0 aromatic heterocycles. The molecule has 4 nitrogen and oxygen atoms in total. The molecular weight excluding hydrogens is 206 g/mol. The smallest absolute Gasteiger partial charge is 0.307 e. The summed E-state index contributed by atoms with van der Waals surface area (Å²) in [6, 6.07) is 7.65. The van der Waals surface area contributed by atoms with Crippen LogP contribution in [-0.4, -0.2) is 26.2 Å². The number of hydrogen-bond donors (Lipinski definition) is 1. The van der Waals surface area contributed by atoms with Gasteiger partial charge < -0.3 is 5.32 Å². The van der Waals surface area contributed by atoms with Crippen LogP contribution in [-0.2, 0) is 21.0 Å². The summed E-state index contributed by atoms with van der Waals surface area (Å²) in [5, 5.41) is 2.90. The number of hydrogen-bond acceptors (Lipinski definition) is 4. The highest BCUT2D eigenvalue weighted by Gasteiger charge is 2.19. The maximum absolute atomic E-state index is 11.4. The molecule has 0 heterocycles. The average Bonchev–Trinajstić information content (AvgIpc) is 2.28. The number of rotatable bonds is 5. The number of carbonyl (C=O) groups excluding carboxylic acids is 1. The fraction of sp³-hybridized carbons (Fsp3) is 0.417. The van der Waals surface area contributed by atoms with Crippen molar-refractivity contribution in [3.8, 4) is 0 Å². The number of likely N-dealkylation sites (N-methyl/N-ethyl adjacent to an activating group) is 1. The highest BCUT2D eigenvalue weighted by atomic mass is 17.2. The highest BCUT2D eigenvalue weighted by Crippen LogP contribution is 2.07. The summed E-state index contributed by atoms with van der Waals surface area (Å²) in [6.45, 7) is 2.03. The summed E-state index contributed by atoms with van der Waals surface area (Å²) >= 11 is 0. The zero-order chi connectivity index (χ0) is 12.0. The topological polar surface area (TPSA) is 47.6 Å². The molecule has 16 heavy (non-hydrogen) atoms. The van der Waals surface area contributed by atoms with Crippen molar-refractivity contribution in [2.75, 3.05) is 14.2 Å². The lowest BCUT2D eigenvalue weighted by Gasteiger charge is -2.13. The third-order valence-corrected chi connectivity index (χ3v) is 2.36. The Morgan fingerprint density at radius 1 is 1.38 bits per heavy atom. The Hall–Kier alpha value is -1.39. The van der Waals surface area contributed by atoms with Gasteiger partial charge in [-0.25, -0.2) is 4.79 Å². The van der Waals surface area contributed by atoms with E-state index >= 15 is 0 Å². The van der Waals surface area contributed by atoms with Gasteiger partial charge in [-0.1, -0.05) is 29.8 Å². The SMILES string of the molecule is CN[C@@H](Cc1ccc(C)cc1)C(=O)OOC. The number of benzene rings is 1. The van der Waals surface area contributed by atoms with Gasteiger partial charge >= 0.3 is 5.97 Å². The molecule has 0 aliphatic rings. The second-order valence-corrected chi connectivity index (χ2v) is 3.60. The molecule has 0 fully saturated rings. The van der Waals surface area contributed by atoms with Gasteiger partial charge in [0.15, 0.2) is 0 Å². The second-order valence-electron chi connectivity index (χ2n) is 3.60. The summed E-state index contributed by atoms with van der Waals surface area (Å²) in [7, 11) is 3.03. The van der Waals surface area contributed by atoms with Gasteiger partial charge in [0.1, 0.15) is 6.04 Å². The van der Waals surface area contributed by atoms with Crippen LogP contribution in [0.25, 0.3) is 0 Å². The van der Waals surface area contributed by atoms with Crippen LogP contribution in [0.3, 0.4) is 0 Å². The molecule has 1 atom stereocenters. The van der Waals surface area contributed by atoms with Gasteiger partial charge in [-0.15, -0.1) is 0 Å². The normalized spacial score (nSPS) is 12.2. The van der Waals surface area contributed by atoms with Crippen molar-refractivity contribution in [1.82, 2.24) is 5.32 Å². The zero-order valence-corrected chi connectivity index (χ0v) is 9.82. The lowest BCUT2D eigenvalue weighted by Crippen LogP contribution is -2.37. The van der Waals surface area contributed by atoms with Crippen molar-refractivity contribution < 1.29 is 14.6 Å². The molecule has 88 valence electrons. The van der Waals surface area contributed by atoms with Crippen LogP contribution in [0.2, 0.25) is 0 Å². The number of carbonyl (C=O) groups is 1. The molecule has 0 saturated carbocycles. The van der Waals surface area contributed by atoms with Gasteiger partial charge in [-0.3, -0.25) is 4.89 Å². The molecular formula is C12H17NO3. The summed E-state index contributed by atoms with van der Waals surface area (Å²) in [6.07, 6.45) is 0.582. The van der Waals surface area contributed by atoms with Gasteiger partial charge in [0.05, 0.1) is 7.11 Å². The molecule has 0 aliphatic carbocycles. The van der Waals surface area contributed by atoms with Crippen molar-refractivity contribution in [3.63, 3.8) is 0 Å².